The summed E-state index contributed by atoms with van der Waals surface area (Å²) in [5.41, 5.74) is 3.02. The quantitative estimate of drug-likeness (QED) is 0.821. The van der Waals surface area contributed by atoms with Gasteiger partial charge in [0.1, 0.15) is 5.75 Å². The normalized spacial score (nSPS) is 17.3. The molecule has 1 heterocycles. The van der Waals surface area contributed by atoms with Gasteiger partial charge in [-0.25, -0.2) is 4.79 Å². The summed E-state index contributed by atoms with van der Waals surface area (Å²) >= 11 is 0. The lowest BCUT2D eigenvalue weighted by molar-refractivity contribution is -0.0212. The van der Waals surface area contributed by atoms with Gasteiger partial charge in [-0.3, -0.25) is 4.90 Å². The van der Waals surface area contributed by atoms with Crippen molar-refractivity contribution >= 4 is 11.7 Å². The van der Waals surface area contributed by atoms with Crippen LogP contribution in [-0.4, -0.2) is 43.8 Å². The largest absolute Gasteiger partial charge is 0.497 e. The number of methoxy groups -OCH3 is 1. The van der Waals surface area contributed by atoms with Crippen LogP contribution in [0, 0.1) is 0 Å². The van der Waals surface area contributed by atoms with Crippen LogP contribution in [-0.2, 0) is 17.8 Å². The molecule has 1 aliphatic rings. The van der Waals surface area contributed by atoms with Crippen LogP contribution in [0.25, 0.3) is 0 Å². The second kappa shape index (κ2) is 9.39. The summed E-state index contributed by atoms with van der Waals surface area (Å²) < 4.78 is 10.8. The number of carbonyl (C=O) groups excluding carboxylic acids is 1. The number of carbonyl (C=O) groups is 1. The minimum absolute atomic E-state index is 0.240. The number of benzene rings is 2. The summed E-state index contributed by atoms with van der Waals surface area (Å²) in [5, 5.41) is 5.72. The van der Waals surface area contributed by atoms with Crippen molar-refractivity contribution in [3.05, 3.63) is 59.7 Å². The highest BCUT2D eigenvalue weighted by Crippen LogP contribution is 2.16. The summed E-state index contributed by atoms with van der Waals surface area (Å²) in [6.07, 6.45) is 0.281. The van der Waals surface area contributed by atoms with E-state index < -0.39 is 0 Å². The van der Waals surface area contributed by atoms with E-state index in [4.69, 9.17) is 9.47 Å². The molecule has 0 radical (unpaired) electrons. The van der Waals surface area contributed by atoms with Crippen LogP contribution in [0.3, 0.4) is 0 Å². The number of hydrogen-bond acceptors (Lipinski definition) is 4. The Bertz CT molecular complexity index is 766. The molecule has 27 heavy (non-hydrogen) atoms. The number of nitrogens with zero attached hydrogens (tertiary/aromatic N) is 1. The fourth-order valence-electron chi connectivity index (χ4n) is 3.19. The molecule has 0 aliphatic carbocycles. The predicted octanol–water partition coefficient (Wildman–Crippen LogP) is 3.24. The molecule has 6 heteroatoms. The van der Waals surface area contributed by atoms with Crippen molar-refractivity contribution in [2.24, 2.45) is 0 Å². The van der Waals surface area contributed by atoms with Gasteiger partial charge in [-0.1, -0.05) is 30.3 Å². The molecular formula is C21H27N3O3. The third kappa shape index (κ3) is 5.98. The number of rotatable bonds is 6. The minimum atomic E-state index is -0.240. The van der Waals surface area contributed by atoms with Crippen LogP contribution in [0.2, 0.25) is 0 Å². The number of anilines is 1. The summed E-state index contributed by atoms with van der Waals surface area (Å²) in [4.78, 5) is 14.5. The van der Waals surface area contributed by atoms with Gasteiger partial charge in [0, 0.05) is 37.9 Å². The number of ether oxygens (including phenoxy) is 2. The highest BCUT2D eigenvalue weighted by atomic mass is 16.5. The van der Waals surface area contributed by atoms with Gasteiger partial charge < -0.3 is 20.1 Å². The maximum Gasteiger partial charge on any atom is 0.319 e. The van der Waals surface area contributed by atoms with E-state index in [2.05, 4.69) is 34.6 Å². The molecule has 1 aliphatic heterocycles. The first-order valence-corrected chi connectivity index (χ1v) is 9.23. The molecule has 1 atom stereocenters. The number of amides is 2. The molecular weight excluding hydrogens is 342 g/mol. The molecule has 1 fully saturated rings. The van der Waals surface area contributed by atoms with E-state index in [1.165, 1.54) is 5.56 Å². The van der Waals surface area contributed by atoms with E-state index in [9.17, 15) is 4.79 Å². The second-order valence-corrected chi connectivity index (χ2v) is 6.78. The third-order valence-electron chi connectivity index (χ3n) is 4.50. The molecule has 144 valence electrons. The Kier molecular flexibility index (Phi) is 6.68. The van der Waals surface area contributed by atoms with Crippen LogP contribution in [0.15, 0.2) is 48.5 Å². The number of morpholine rings is 1. The average molecular weight is 369 g/mol. The van der Waals surface area contributed by atoms with Gasteiger partial charge in [-0.05, 0) is 30.2 Å². The van der Waals surface area contributed by atoms with Crippen molar-refractivity contribution in [2.75, 3.05) is 32.1 Å². The first kappa shape index (κ1) is 19.2. The maximum absolute atomic E-state index is 12.1. The Balaban J connectivity index is 1.51. The zero-order valence-corrected chi connectivity index (χ0v) is 15.9. The lowest BCUT2D eigenvalue weighted by Crippen LogP contribution is -2.40. The van der Waals surface area contributed by atoms with E-state index >= 15 is 0 Å². The molecule has 0 bridgehead atoms. The van der Waals surface area contributed by atoms with E-state index in [1.54, 1.807) is 13.2 Å². The van der Waals surface area contributed by atoms with Gasteiger partial charge in [0.25, 0.3) is 0 Å². The molecule has 1 saturated heterocycles. The molecule has 2 aromatic carbocycles. The van der Waals surface area contributed by atoms with Crippen molar-refractivity contribution in [3.63, 3.8) is 0 Å². The highest BCUT2D eigenvalue weighted by Gasteiger charge is 2.16. The van der Waals surface area contributed by atoms with Gasteiger partial charge in [0.15, 0.2) is 0 Å². The zero-order valence-electron chi connectivity index (χ0n) is 15.9. The first-order valence-electron chi connectivity index (χ1n) is 9.23. The average Bonchev–Trinajstić information content (AvgIpc) is 2.67. The van der Waals surface area contributed by atoms with Crippen molar-refractivity contribution in [3.8, 4) is 5.75 Å². The topological polar surface area (TPSA) is 62.8 Å². The summed E-state index contributed by atoms with van der Waals surface area (Å²) in [5.74, 6) is 0.706. The van der Waals surface area contributed by atoms with Crippen molar-refractivity contribution < 1.29 is 14.3 Å². The molecule has 2 amide bonds. The standard InChI is InChI=1S/C21H27N3O3/c1-16-14-24(9-10-27-16)15-18-6-3-5-17(11-18)13-22-21(25)23-19-7-4-8-20(12-19)26-2/h3-8,11-12,16H,9-10,13-15H2,1-2H3,(H2,22,23,25). The first-order chi connectivity index (χ1) is 13.1. The Morgan fingerprint density at radius 1 is 1.22 bits per heavy atom. The fourth-order valence-corrected chi connectivity index (χ4v) is 3.19. The van der Waals surface area contributed by atoms with Crippen molar-refractivity contribution in [2.45, 2.75) is 26.1 Å². The third-order valence-corrected chi connectivity index (χ3v) is 4.50. The van der Waals surface area contributed by atoms with E-state index in [-0.39, 0.29) is 12.1 Å². The maximum atomic E-state index is 12.1. The van der Waals surface area contributed by atoms with Gasteiger partial charge in [-0.15, -0.1) is 0 Å². The molecule has 0 aromatic heterocycles. The van der Waals surface area contributed by atoms with Crippen LogP contribution in [0.1, 0.15) is 18.1 Å². The van der Waals surface area contributed by atoms with Crippen molar-refractivity contribution in [1.82, 2.24) is 10.2 Å². The van der Waals surface area contributed by atoms with Crippen molar-refractivity contribution in [1.29, 1.82) is 0 Å². The van der Waals surface area contributed by atoms with Gasteiger partial charge >= 0.3 is 6.03 Å². The number of urea groups is 1. The lowest BCUT2D eigenvalue weighted by atomic mass is 10.1. The predicted molar refractivity (Wildman–Crippen MR) is 106 cm³/mol. The minimum Gasteiger partial charge on any atom is -0.497 e. The smallest absolute Gasteiger partial charge is 0.319 e. The summed E-state index contributed by atoms with van der Waals surface area (Å²) in [6, 6.07) is 15.4. The van der Waals surface area contributed by atoms with E-state index in [1.807, 2.05) is 30.3 Å². The molecule has 1 unspecified atom stereocenters. The fraction of sp³-hybridized carbons (Fsp3) is 0.381. The van der Waals surface area contributed by atoms with Crippen LogP contribution >= 0.6 is 0 Å². The van der Waals surface area contributed by atoms with Crippen LogP contribution in [0.4, 0.5) is 10.5 Å². The Labute approximate surface area is 160 Å². The lowest BCUT2D eigenvalue weighted by Gasteiger charge is -2.31. The molecule has 0 spiro atoms. The zero-order chi connectivity index (χ0) is 19.1. The van der Waals surface area contributed by atoms with E-state index in [0.29, 0.717) is 18.0 Å². The molecule has 2 aromatic rings. The molecule has 3 rings (SSSR count). The number of hydrogen-bond donors (Lipinski definition) is 2. The Hall–Kier alpha value is -2.57. The van der Waals surface area contributed by atoms with Crippen LogP contribution in [0.5, 0.6) is 5.75 Å². The highest BCUT2D eigenvalue weighted by molar-refractivity contribution is 5.89. The van der Waals surface area contributed by atoms with Gasteiger partial charge in [0.2, 0.25) is 0 Å². The summed E-state index contributed by atoms with van der Waals surface area (Å²) in [7, 11) is 1.60. The van der Waals surface area contributed by atoms with Gasteiger partial charge in [0.05, 0.1) is 19.8 Å². The monoisotopic (exact) mass is 369 g/mol. The Morgan fingerprint density at radius 3 is 2.85 bits per heavy atom. The molecule has 6 nitrogen and oxygen atoms in total. The van der Waals surface area contributed by atoms with Crippen LogP contribution < -0.4 is 15.4 Å². The number of nitrogens with one attached hydrogen (secondary N) is 2. The molecule has 0 saturated carbocycles. The SMILES string of the molecule is COc1cccc(NC(=O)NCc2cccc(CN3CCOC(C)C3)c2)c1. The van der Waals surface area contributed by atoms with E-state index in [0.717, 1.165) is 31.8 Å². The summed E-state index contributed by atoms with van der Waals surface area (Å²) in [6.45, 7) is 6.17. The second-order valence-electron chi connectivity index (χ2n) is 6.78. The van der Waals surface area contributed by atoms with Gasteiger partial charge in [-0.2, -0.15) is 0 Å². The Morgan fingerprint density at radius 2 is 2.04 bits per heavy atom. The molecule has 2 N–H and O–H groups in total.